The number of benzene rings is 1. The SMILES string of the molecule is CCOC1CC(CC(NC)c2cc(F)c(Br)cc2F)C1. The first-order valence-electron chi connectivity index (χ1n) is 6.98. The van der Waals surface area contributed by atoms with E-state index < -0.39 is 5.82 Å². The smallest absolute Gasteiger partial charge is 0.137 e. The number of hydrogen-bond donors (Lipinski definition) is 1. The van der Waals surface area contributed by atoms with E-state index in [0.29, 0.717) is 17.6 Å². The van der Waals surface area contributed by atoms with Gasteiger partial charge in [-0.15, -0.1) is 0 Å². The van der Waals surface area contributed by atoms with Crippen molar-refractivity contribution in [2.45, 2.75) is 38.3 Å². The molecule has 1 aliphatic rings. The third-order valence-corrected chi connectivity index (χ3v) is 4.54. The van der Waals surface area contributed by atoms with Crippen LogP contribution in [0.15, 0.2) is 16.6 Å². The van der Waals surface area contributed by atoms with Gasteiger partial charge < -0.3 is 10.1 Å². The predicted octanol–water partition coefficient (Wildman–Crippen LogP) is 4.19. The fourth-order valence-corrected chi connectivity index (χ4v) is 3.09. The zero-order valence-corrected chi connectivity index (χ0v) is 13.3. The zero-order valence-electron chi connectivity index (χ0n) is 11.8. The van der Waals surface area contributed by atoms with E-state index in [1.807, 2.05) is 6.92 Å². The van der Waals surface area contributed by atoms with Crippen molar-refractivity contribution in [3.05, 3.63) is 33.8 Å². The van der Waals surface area contributed by atoms with E-state index in [4.69, 9.17) is 4.74 Å². The molecule has 0 saturated heterocycles. The Morgan fingerprint density at radius 2 is 2.05 bits per heavy atom. The minimum Gasteiger partial charge on any atom is -0.378 e. The van der Waals surface area contributed by atoms with Crippen molar-refractivity contribution >= 4 is 15.9 Å². The molecule has 1 aromatic carbocycles. The van der Waals surface area contributed by atoms with Crippen LogP contribution >= 0.6 is 15.9 Å². The van der Waals surface area contributed by atoms with Crippen molar-refractivity contribution in [3.8, 4) is 0 Å². The van der Waals surface area contributed by atoms with Crippen molar-refractivity contribution in [1.29, 1.82) is 0 Å². The maximum absolute atomic E-state index is 14.0. The lowest BCUT2D eigenvalue weighted by Gasteiger charge is -2.37. The molecule has 0 aliphatic heterocycles. The van der Waals surface area contributed by atoms with E-state index in [0.717, 1.165) is 25.9 Å². The average molecular weight is 348 g/mol. The highest BCUT2D eigenvalue weighted by molar-refractivity contribution is 9.10. The first-order chi connectivity index (χ1) is 9.55. The molecule has 5 heteroatoms. The molecule has 0 bridgehead atoms. The summed E-state index contributed by atoms with van der Waals surface area (Å²) in [6.45, 7) is 2.73. The molecule has 0 spiro atoms. The molecule has 1 N–H and O–H groups in total. The second kappa shape index (κ2) is 6.96. The van der Waals surface area contributed by atoms with Gasteiger partial charge in [0.1, 0.15) is 11.6 Å². The van der Waals surface area contributed by atoms with Crippen LogP contribution in [-0.2, 0) is 4.74 Å². The highest BCUT2D eigenvalue weighted by atomic mass is 79.9. The molecule has 1 aromatic rings. The lowest BCUT2D eigenvalue weighted by molar-refractivity contribution is -0.0290. The van der Waals surface area contributed by atoms with E-state index in [-0.39, 0.29) is 16.3 Å². The minimum atomic E-state index is -0.428. The number of nitrogens with one attached hydrogen (secondary N) is 1. The van der Waals surface area contributed by atoms with Crippen molar-refractivity contribution in [1.82, 2.24) is 5.32 Å². The second-order valence-corrected chi connectivity index (χ2v) is 6.13. The topological polar surface area (TPSA) is 21.3 Å². The Balaban J connectivity index is 2.01. The monoisotopic (exact) mass is 347 g/mol. The first-order valence-corrected chi connectivity index (χ1v) is 7.77. The number of rotatable bonds is 6. The Labute approximate surface area is 127 Å². The quantitative estimate of drug-likeness (QED) is 0.779. The van der Waals surface area contributed by atoms with Gasteiger partial charge in [0.15, 0.2) is 0 Å². The summed E-state index contributed by atoms with van der Waals surface area (Å²) in [6.07, 6.45) is 3.16. The molecule has 0 aromatic heterocycles. The molecule has 2 rings (SSSR count). The number of halogens is 3. The third kappa shape index (κ3) is 3.57. The van der Waals surface area contributed by atoms with Crippen LogP contribution in [0, 0.1) is 17.6 Å². The van der Waals surface area contributed by atoms with Crippen LogP contribution in [0.3, 0.4) is 0 Å². The summed E-state index contributed by atoms with van der Waals surface area (Å²) in [4.78, 5) is 0. The van der Waals surface area contributed by atoms with Gasteiger partial charge in [-0.05, 0) is 67.2 Å². The summed E-state index contributed by atoms with van der Waals surface area (Å²) in [7, 11) is 1.78. The van der Waals surface area contributed by atoms with Crippen LogP contribution in [0.2, 0.25) is 0 Å². The molecule has 1 fully saturated rings. The van der Waals surface area contributed by atoms with Crippen LogP contribution in [-0.4, -0.2) is 19.8 Å². The highest BCUT2D eigenvalue weighted by Crippen LogP contribution is 2.37. The van der Waals surface area contributed by atoms with Crippen LogP contribution in [0.1, 0.15) is 37.8 Å². The zero-order chi connectivity index (χ0) is 14.7. The maximum atomic E-state index is 14.0. The Kier molecular flexibility index (Phi) is 5.52. The van der Waals surface area contributed by atoms with E-state index >= 15 is 0 Å². The van der Waals surface area contributed by atoms with Gasteiger partial charge in [0.05, 0.1) is 10.6 Å². The first kappa shape index (κ1) is 15.9. The molecule has 1 unspecified atom stereocenters. The summed E-state index contributed by atoms with van der Waals surface area (Å²) in [5, 5.41) is 3.09. The van der Waals surface area contributed by atoms with Crippen molar-refractivity contribution in [2.75, 3.05) is 13.7 Å². The van der Waals surface area contributed by atoms with Crippen LogP contribution in [0.4, 0.5) is 8.78 Å². The fourth-order valence-electron chi connectivity index (χ4n) is 2.78. The Morgan fingerprint density at radius 1 is 1.35 bits per heavy atom. The van der Waals surface area contributed by atoms with Gasteiger partial charge in [0, 0.05) is 18.2 Å². The second-order valence-electron chi connectivity index (χ2n) is 5.28. The van der Waals surface area contributed by atoms with Gasteiger partial charge in [0.2, 0.25) is 0 Å². The standard InChI is InChI=1S/C15H20BrF2NO/c1-3-20-10-4-9(5-10)6-15(19-2)11-7-14(18)12(16)8-13(11)17/h7-10,15,19H,3-6H2,1-2H3. The number of ether oxygens (including phenoxy) is 1. The Hall–Kier alpha value is -0.520. The summed E-state index contributed by atoms with van der Waals surface area (Å²) in [5.74, 6) is -0.295. The molecule has 0 heterocycles. The summed E-state index contributed by atoms with van der Waals surface area (Å²) >= 11 is 3.00. The molecule has 1 aliphatic carbocycles. The van der Waals surface area contributed by atoms with E-state index in [1.54, 1.807) is 7.05 Å². The number of hydrogen-bond acceptors (Lipinski definition) is 2. The molecule has 20 heavy (non-hydrogen) atoms. The van der Waals surface area contributed by atoms with Gasteiger partial charge in [-0.25, -0.2) is 8.78 Å². The van der Waals surface area contributed by atoms with Gasteiger partial charge in [-0.2, -0.15) is 0 Å². The molecule has 2 nitrogen and oxygen atoms in total. The highest BCUT2D eigenvalue weighted by Gasteiger charge is 2.32. The maximum Gasteiger partial charge on any atom is 0.137 e. The van der Waals surface area contributed by atoms with E-state index in [1.165, 1.54) is 12.1 Å². The van der Waals surface area contributed by atoms with Gasteiger partial charge in [0.25, 0.3) is 0 Å². The molecular formula is C15H20BrF2NO. The molecule has 112 valence electrons. The molecule has 0 radical (unpaired) electrons. The molecule has 0 amide bonds. The minimum absolute atomic E-state index is 0.161. The largest absolute Gasteiger partial charge is 0.378 e. The van der Waals surface area contributed by atoms with Crippen molar-refractivity contribution in [3.63, 3.8) is 0 Å². The Morgan fingerprint density at radius 3 is 2.65 bits per heavy atom. The van der Waals surface area contributed by atoms with Crippen LogP contribution in [0.5, 0.6) is 0 Å². The summed E-state index contributed by atoms with van der Waals surface area (Å²) in [5.41, 5.74) is 0.396. The average Bonchev–Trinajstić information content (AvgIpc) is 2.37. The Bertz CT molecular complexity index is 463. The van der Waals surface area contributed by atoms with Gasteiger partial charge in [-0.3, -0.25) is 0 Å². The van der Waals surface area contributed by atoms with Gasteiger partial charge >= 0.3 is 0 Å². The van der Waals surface area contributed by atoms with Crippen molar-refractivity contribution < 1.29 is 13.5 Å². The summed E-state index contributed by atoms with van der Waals surface area (Å²) in [6, 6.07) is 2.31. The lowest BCUT2D eigenvalue weighted by atomic mass is 9.77. The molecule has 1 atom stereocenters. The third-order valence-electron chi connectivity index (χ3n) is 3.93. The van der Waals surface area contributed by atoms with E-state index in [2.05, 4.69) is 21.2 Å². The normalized spacial score (nSPS) is 23.4. The lowest BCUT2D eigenvalue weighted by Crippen LogP contribution is -2.34. The van der Waals surface area contributed by atoms with Gasteiger partial charge in [-0.1, -0.05) is 0 Å². The predicted molar refractivity (Wildman–Crippen MR) is 78.6 cm³/mol. The summed E-state index contributed by atoms with van der Waals surface area (Å²) < 4.78 is 33.3. The molecule has 1 saturated carbocycles. The van der Waals surface area contributed by atoms with Crippen LogP contribution < -0.4 is 5.32 Å². The molecular weight excluding hydrogens is 328 g/mol. The van der Waals surface area contributed by atoms with Crippen LogP contribution in [0.25, 0.3) is 0 Å². The van der Waals surface area contributed by atoms with E-state index in [9.17, 15) is 8.78 Å². The fraction of sp³-hybridized carbons (Fsp3) is 0.600. The van der Waals surface area contributed by atoms with Crippen molar-refractivity contribution in [2.24, 2.45) is 5.92 Å².